The number of hydrogen-bond donors (Lipinski definition) is 0. The summed E-state index contributed by atoms with van der Waals surface area (Å²) in [5.74, 6) is 0. The first-order chi connectivity index (χ1) is 6.72. The second kappa shape index (κ2) is 3.77. The standard InChI is InChI=1S/C14H24O/c1-12(2,11-15)9-10-14(5)8-6-7-13(14,3)4/h9-11H,6-8H2,1-5H3/b10-9+. The van der Waals surface area contributed by atoms with E-state index in [4.69, 9.17) is 0 Å². The molecule has 1 rings (SSSR count). The number of carbonyl (C=O) groups is 1. The number of hydrogen-bond acceptors (Lipinski definition) is 1. The molecule has 0 saturated heterocycles. The molecule has 0 aromatic heterocycles. The zero-order chi connectivity index (χ0) is 11.7. The highest BCUT2D eigenvalue weighted by molar-refractivity contribution is 5.61. The van der Waals surface area contributed by atoms with Crippen molar-refractivity contribution in [3.8, 4) is 0 Å². The summed E-state index contributed by atoms with van der Waals surface area (Å²) >= 11 is 0. The Morgan fingerprint density at radius 3 is 2.13 bits per heavy atom. The Bertz CT molecular complexity index is 273. The lowest BCUT2D eigenvalue weighted by molar-refractivity contribution is -0.112. The number of allylic oxidation sites excluding steroid dienone is 2. The molecule has 0 aromatic rings. The van der Waals surface area contributed by atoms with Gasteiger partial charge in [0.25, 0.3) is 0 Å². The highest BCUT2D eigenvalue weighted by Crippen LogP contribution is 2.53. The Morgan fingerprint density at radius 2 is 1.73 bits per heavy atom. The monoisotopic (exact) mass is 208 g/mol. The van der Waals surface area contributed by atoms with Crippen molar-refractivity contribution in [3.05, 3.63) is 12.2 Å². The smallest absolute Gasteiger partial charge is 0.129 e. The first kappa shape index (κ1) is 12.5. The molecule has 1 fully saturated rings. The molecule has 1 aliphatic rings. The van der Waals surface area contributed by atoms with Crippen molar-refractivity contribution in [3.63, 3.8) is 0 Å². The van der Waals surface area contributed by atoms with Crippen LogP contribution >= 0.6 is 0 Å². The van der Waals surface area contributed by atoms with Crippen molar-refractivity contribution < 1.29 is 4.79 Å². The van der Waals surface area contributed by atoms with Crippen molar-refractivity contribution in [1.29, 1.82) is 0 Å². The normalized spacial score (nSPS) is 31.0. The van der Waals surface area contributed by atoms with E-state index in [1.807, 2.05) is 13.8 Å². The minimum atomic E-state index is -0.318. The first-order valence-corrected chi connectivity index (χ1v) is 5.89. The van der Waals surface area contributed by atoms with Crippen molar-refractivity contribution in [2.75, 3.05) is 0 Å². The van der Waals surface area contributed by atoms with E-state index in [-0.39, 0.29) is 10.8 Å². The Hall–Kier alpha value is -0.590. The largest absolute Gasteiger partial charge is 0.302 e. The quantitative estimate of drug-likeness (QED) is 0.506. The van der Waals surface area contributed by atoms with Crippen molar-refractivity contribution in [1.82, 2.24) is 0 Å². The lowest BCUT2D eigenvalue weighted by Gasteiger charge is -2.36. The van der Waals surface area contributed by atoms with Crippen LogP contribution in [0.1, 0.15) is 53.9 Å². The van der Waals surface area contributed by atoms with E-state index in [1.165, 1.54) is 19.3 Å². The molecule has 1 atom stereocenters. The third-order valence-corrected chi connectivity index (χ3v) is 4.23. The lowest BCUT2D eigenvalue weighted by Crippen LogP contribution is -2.28. The molecule has 0 N–H and O–H groups in total. The third kappa shape index (κ3) is 2.50. The van der Waals surface area contributed by atoms with Crippen LogP contribution in [0, 0.1) is 16.2 Å². The first-order valence-electron chi connectivity index (χ1n) is 5.89. The van der Waals surface area contributed by atoms with E-state index < -0.39 is 0 Å². The molecular weight excluding hydrogens is 184 g/mol. The predicted octanol–water partition coefficient (Wildman–Crippen LogP) is 3.98. The van der Waals surface area contributed by atoms with Gasteiger partial charge in [0.05, 0.1) is 0 Å². The second-order valence-electron chi connectivity index (χ2n) is 6.43. The molecule has 0 amide bonds. The van der Waals surface area contributed by atoms with Crippen LogP contribution in [0.3, 0.4) is 0 Å². The molecule has 1 nitrogen and oxygen atoms in total. The fourth-order valence-corrected chi connectivity index (χ4v) is 2.27. The Balaban J connectivity index is 2.85. The van der Waals surface area contributed by atoms with E-state index in [2.05, 4.69) is 32.9 Å². The molecule has 86 valence electrons. The molecule has 0 spiro atoms. The molecule has 0 heterocycles. The van der Waals surface area contributed by atoms with E-state index in [0.29, 0.717) is 5.41 Å². The summed E-state index contributed by atoms with van der Waals surface area (Å²) in [7, 11) is 0. The molecule has 1 aliphatic carbocycles. The van der Waals surface area contributed by atoms with E-state index in [1.54, 1.807) is 0 Å². The molecule has 1 saturated carbocycles. The van der Waals surface area contributed by atoms with Crippen LogP contribution in [0.4, 0.5) is 0 Å². The summed E-state index contributed by atoms with van der Waals surface area (Å²) in [6, 6.07) is 0. The molecule has 0 bridgehead atoms. The predicted molar refractivity (Wildman–Crippen MR) is 64.7 cm³/mol. The fourth-order valence-electron chi connectivity index (χ4n) is 2.27. The third-order valence-electron chi connectivity index (χ3n) is 4.23. The van der Waals surface area contributed by atoms with Crippen LogP contribution in [0.15, 0.2) is 12.2 Å². The summed E-state index contributed by atoms with van der Waals surface area (Å²) in [5, 5.41) is 0. The minimum absolute atomic E-state index is 0.257. The zero-order valence-corrected chi connectivity index (χ0v) is 10.8. The van der Waals surface area contributed by atoms with Gasteiger partial charge in [0.2, 0.25) is 0 Å². The molecular formula is C14H24O. The van der Waals surface area contributed by atoms with Crippen LogP contribution in [0.25, 0.3) is 0 Å². The maximum atomic E-state index is 10.8. The summed E-state index contributed by atoms with van der Waals surface area (Å²) in [4.78, 5) is 10.8. The van der Waals surface area contributed by atoms with Crippen LogP contribution < -0.4 is 0 Å². The SMILES string of the molecule is CC(C)(C=O)/C=C/C1(C)CCCC1(C)C. The average molecular weight is 208 g/mol. The summed E-state index contributed by atoms with van der Waals surface area (Å²) < 4.78 is 0. The van der Waals surface area contributed by atoms with Gasteiger partial charge in [0.15, 0.2) is 0 Å². The Labute approximate surface area is 93.9 Å². The molecule has 0 radical (unpaired) electrons. The summed E-state index contributed by atoms with van der Waals surface area (Å²) in [6.07, 6.45) is 9.20. The number of rotatable bonds is 3. The van der Waals surface area contributed by atoms with E-state index >= 15 is 0 Å². The van der Waals surface area contributed by atoms with E-state index in [9.17, 15) is 4.79 Å². The topological polar surface area (TPSA) is 17.1 Å². The van der Waals surface area contributed by atoms with Gasteiger partial charge in [-0.2, -0.15) is 0 Å². The fraction of sp³-hybridized carbons (Fsp3) is 0.786. The van der Waals surface area contributed by atoms with Gasteiger partial charge in [-0.1, -0.05) is 39.3 Å². The molecule has 0 aliphatic heterocycles. The summed E-state index contributed by atoms with van der Waals surface area (Å²) in [6.45, 7) is 10.9. The molecule has 0 aromatic carbocycles. The van der Waals surface area contributed by atoms with Gasteiger partial charge in [-0.25, -0.2) is 0 Å². The van der Waals surface area contributed by atoms with Gasteiger partial charge in [0.1, 0.15) is 6.29 Å². The van der Waals surface area contributed by atoms with E-state index in [0.717, 1.165) is 6.29 Å². The van der Waals surface area contributed by atoms with Gasteiger partial charge in [0, 0.05) is 5.41 Å². The van der Waals surface area contributed by atoms with Crippen LogP contribution in [0.5, 0.6) is 0 Å². The maximum Gasteiger partial charge on any atom is 0.129 e. The van der Waals surface area contributed by atoms with Gasteiger partial charge in [-0.05, 0) is 37.5 Å². The van der Waals surface area contributed by atoms with Crippen LogP contribution in [-0.4, -0.2) is 6.29 Å². The van der Waals surface area contributed by atoms with Gasteiger partial charge >= 0.3 is 0 Å². The number of aldehydes is 1. The van der Waals surface area contributed by atoms with Crippen LogP contribution in [0.2, 0.25) is 0 Å². The minimum Gasteiger partial charge on any atom is -0.302 e. The van der Waals surface area contributed by atoms with Gasteiger partial charge in [-0.3, -0.25) is 0 Å². The Morgan fingerprint density at radius 1 is 1.13 bits per heavy atom. The van der Waals surface area contributed by atoms with Gasteiger partial charge in [-0.15, -0.1) is 0 Å². The van der Waals surface area contributed by atoms with Crippen molar-refractivity contribution in [2.24, 2.45) is 16.2 Å². The highest BCUT2D eigenvalue weighted by Gasteiger charge is 2.43. The average Bonchev–Trinajstić information content (AvgIpc) is 2.40. The lowest BCUT2D eigenvalue weighted by atomic mass is 9.68. The highest BCUT2D eigenvalue weighted by atomic mass is 16.1. The zero-order valence-electron chi connectivity index (χ0n) is 10.8. The van der Waals surface area contributed by atoms with Crippen LogP contribution in [-0.2, 0) is 4.79 Å². The molecule has 1 unspecified atom stereocenters. The van der Waals surface area contributed by atoms with Crippen molar-refractivity contribution >= 4 is 6.29 Å². The Kier molecular flexibility index (Phi) is 3.14. The maximum absolute atomic E-state index is 10.8. The second-order valence-corrected chi connectivity index (χ2v) is 6.43. The van der Waals surface area contributed by atoms with Crippen molar-refractivity contribution in [2.45, 2.75) is 53.9 Å². The van der Waals surface area contributed by atoms with Gasteiger partial charge < -0.3 is 4.79 Å². The summed E-state index contributed by atoms with van der Waals surface area (Å²) in [5.41, 5.74) is 0.303. The molecule has 1 heteroatoms. The number of carbonyl (C=O) groups excluding carboxylic acids is 1. The molecule has 15 heavy (non-hydrogen) atoms.